The lowest BCUT2D eigenvalue weighted by Crippen LogP contribution is -2.19. The number of nitrogens with zero attached hydrogens (tertiary/aromatic N) is 1. The van der Waals surface area contributed by atoms with E-state index in [1.807, 2.05) is 0 Å². The normalized spacial score (nSPS) is 10.1. The molecule has 2 N–H and O–H groups in total. The van der Waals surface area contributed by atoms with E-state index in [0.29, 0.717) is 5.75 Å². The Morgan fingerprint density at radius 2 is 1.78 bits per heavy atom. The molecule has 2 aromatic rings. The molecule has 0 bridgehead atoms. The zero-order valence-electron chi connectivity index (χ0n) is 12.6. The van der Waals surface area contributed by atoms with E-state index in [4.69, 9.17) is 14.2 Å². The van der Waals surface area contributed by atoms with E-state index in [2.05, 4.69) is 15.3 Å². The lowest BCUT2D eigenvalue weighted by Gasteiger charge is -2.14. The van der Waals surface area contributed by atoms with E-state index in [9.17, 15) is 14.0 Å². The summed E-state index contributed by atoms with van der Waals surface area (Å²) < 4.78 is 29.0. The Bertz CT molecular complexity index is 765. The third-order valence-electron chi connectivity index (χ3n) is 2.92. The Labute approximate surface area is 130 Å². The largest absolute Gasteiger partial charge is 0.493 e. The summed E-state index contributed by atoms with van der Waals surface area (Å²) in [6, 6.07) is 2.78. The summed E-state index contributed by atoms with van der Waals surface area (Å²) in [7, 11) is 4.23. The molecule has 2 rings (SSSR count). The van der Waals surface area contributed by atoms with Crippen LogP contribution in [0.3, 0.4) is 0 Å². The first-order chi connectivity index (χ1) is 11.0. The summed E-state index contributed by atoms with van der Waals surface area (Å²) >= 11 is 0. The van der Waals surface area contributed by atoms with Crippen molar-refractivity contribution in [3.05, 3.63) is 40.2 Å². The number of benzene rings is 1. The van der Waals surface area contributed by atoms with Crippen LogP contribution in [-0.2, 0) is 0 Å². The number of amides is 1. The molecule has 0 saturated carbocycles. The van der Waals surface area contributed by atoms with Gasteiger partial charge in [0.1, 0.15) is 0 Å². The van der Waals surface area contributed by atoms with E-state index in [1.54, 1.807) is 0 Å². The minimum Gasteiger partial charge on any atom is -0.493 e. The van der Waals surface area contributed by atoms with Crippen molar-refractivity contribution in [1.29, 1.82) is 0 Å². The van der Waals surface area contributed by atoms with Gasteiger partial charge >= 0.3 is 5.69 Å². The monoisotopic (exact) mass is 323 g/mol. The highest BCUT2D eigenvalue weighted by Gasteiger charge is 2.18. The highest BCUT2D eigenvalue weighted by Crippen LogP contribution is 2.38. The van der Waals surface area contributed by atoms with Crippen molar-refractivity contribution in [2.75, 3.05) is 26.6 Å². The Morgan fingerprint density at radius 3 is 2.30 bits per heavy atom. The average Bonchev–Trinajstić information content (AvgIpc) is 2.56. The SMILES string of the molecule is COc1cc(C(=O)Nc2nc(=O)[nH]cc2F)cc(OC)c1OC. The smallest absolute Gasteiger partial charge is 0.347 e. The zero-order chi connectivity index (χ0) is 17.0. The zero-order valence-corrected chi connectivity index (χ0v) is 12.6. The Morgan fingerprint density at radius 1 is 1.17 bits per heavy atom. The number of H-pyrrole nitrogens is 1. The third kappa shape index (κ3) is 3.39. The molecule has 0 unspecified atom stereocenters. The Kier molecular flexibility index (Phi) is 4.79. The Hall–Kier alpha value is -3.10. The first kappa shape index (κ1) is 16.3. The number of carbonyl (C=O) groups is 1. The van der Waals surface area contributed by atoms with Crippen LogP contribution >= 0.6 is 0 Å². The van der Waals surface area contributed by atoms with Crippen molar-refractivity contribution < 1.29 is 23.4 Å². The van der Waals surface area contributed by atoms with Crippen LogP contribution in [0.4, 0.5) is 10.2 Å². The summed E-state index contributed by atoms with van der Waals surface area (Å²) in [5.41, 5.74) is -0.674. The number of aromatic amines is 1. The molecule has 1 aromatic carbocycles. The topological polar surface area (TPSA) is 103 Å². The predicted molar refractivity (Wildman–Crippen MR) is 78.9 cm³/mol. The standard InChI is InChI=1S/C14H14FN3O5/c1-21-9-4-7(5-10(22-2)11(9)23-3)13(19)17-12-8(15)6-16-14(20)18-12/h4-6H,1-3H3,(H2,16,17,18,19,20). The molecule has 0 atom stereocenters. The van der Waals surface area contributed by atoms with Crippen molar-refractivity contribution >= 4 is 11.7 Å². The van der Waals surface area contributed by atoms with Gasteiger partial charge in [-0.05, 0) is 12.1 Å². The molecular formula is C14H14FN3O5. The molecule has 23 heavy (non-hydrogen) atoms. The van der Waals surface area contributed by atoms with Crippen molar-refractivity contribution in [1.82, 2.24) is 9.97 Å². The van der Waals surface area contributed by atoms with Crippen molar-refractivity contribution in [2.24, 2.45) is 0 Å². The number of hydrogen-bond donors (Lipinski definition) is 2. The fourth-order valence-electron chi connectivity index (χ4n) is 1.86. The number of ether oxygens (including phenoxy) is 3. The Balaban J connectivity index is 2.39. The highest BCUT2D eigenvalue weighted by atomic mass is 19.1. The second-order valence-electron chi connectivity index (χ2n) is 4.27. The molecule has 0 aliphatic heterocycles. The molecule has 0 radical (unpaired) electrons. The molecule has 1 amide bonds. The van der Waals surface area contributed by atoms with Gasteiger partial charge in [-0.3, -0.25) is 4.79 Å². The second-order valence-corrected chi connectivity index (χ2v) is 4.27. The molecule has 0 spiro atoms. The minimum atomic E-state index is -0.870. The summed E-state index contributed by atoms with van der Waals surface area (Å²) in [5, 5.41) is 2.21. The maximum Gasteiger partial charge on any atom is 0.347 e. The highest BCUT2D eigenvalue weighted by molar-refractivity contribution is 6.04. The van der Waals surface area contributed by atoms with E-state index < -0.39 is 23.2 Å². The number of anilines is 1. The minimum absolute atomic E-state index is 0.112. The van der Waals surface area contributed by atoms with Gasteiger partial charge in [0.25, 0.3) is 5.91 Å². The van der Waals surface area contributed by atoms with Crippen LogP contribution in [0.2, 0.25) is 0 Å². The van der Waals surface area contributed by atoms with Gasteiger partial charge in [-0.2, -0.15) is 4.98 Å². The molecule has 122 valence electrons. The summed E-state index contributed by atoms with van der Waals surface area (Å²) in [6.45, 7) is 0. The summed E-state index contributed by atoms with van der Waals surface area (Å²) in [6.07, 6.45) is 0.806. The number of carbonyl (C=O) groups excluding carboxylic acids is 1. The van der Waals surface area contributed by atoms with Crippen LogP contribution in [0, 0.1) is 5.82 Å². The van der Waals surface area contributed by atoms with E-state index in [1.165, 1.54) is 33.5 Å². The summed E-state index contributed by atoms with van der Waals surface area (Å²) in [4.78, 5) is 28.7. The summed E-state index contributed by atoms with van der Waals surface area (Å²) in [5.74, 6) is -1.21. The van der Waals surface area contributed by atoms with Gasteiger partial charge in [-0.25, -0.2) is 9.18 Å². The van der Waals surface area contributed by atoms with Gasteiger partial charge in [0.05, 0.1) is 21.3 Å². The lowest BCUT2D eigenvalue weighted by molar-refractivity contribution is 0.102. The molecular weight excluding hydrogens is 309 g/mol. The van der Waals surface area contributed by atoms with Crippen molar-refractivity contribution in [3.63, 3.8) is 0 Å². The number of rotatable bonds is 5. The number of aromatic nitrogens is 2. The lowest BCUT2D eigenvalue weighted by atomic mass is 10.1. The first-order valence-corrected chi connectivity index (χ1v) is 6.36. The van der Waals surface area contributed by atoms with Crippen LogP contribution in [0.5, 0.6) is 17.2 Å². The predicted octanol–water partition coefficient (Wildman–Crippen LogP) is 1.19. The van der Waals surface area contributed by atoms with Crippen LogP contribution in [0.25, 0.3) is 0 Å². The van der Waals surface area contributed by atoms with Crippen LogP contribution < -0.4 is 25.2 Å². The van der Waals surface area contributed by atoms with Gasteiger partial charge < -0.3 is 24.5 Å². The number of halogens is 1. The van der Waals surface area contributed by atoms with Crippen LogP contribution in [0.1, 0.15) is 10.4 Å². The van der Waals surface area contributed by atoms with E-state index in [0.717, 1.165) is 6.20 Å². The van der Waals surface area contributed by atoms with E-state index >= 15 is 0 Å². The third-order valence-corrected chi connectivity index (χ3v) is 2.92. The maximum absolute atomic E-state index is 13.5. The van der Waals surface area contributed by atoms with Gasteiger partial charge in [-0.1, -0.05) is 0 Å². The molecule has 0 fully saturated rings. The van der Waals surface area contributed by atoms with Gasteiger partial charge in [-0.15, -0.1) is 0 Å². The molecule has 0 aliphatic carbocycles. The van der Waals surface area contributed by atoms with Crippen LogP contribution in [-0.4, -0.2) is 37.2 Å². The van der Waals surface area contributed by atoms with Crippen molar-refractivity contribution in [2.45, 2.75) is 0 Å². The number of hydrogen-bond acceptors (Lipinski definition) is 6. The maximum atomic E-state index is 13.5. The number of methoxy groups -OCH3 is 3. The first-order valence-electron chi connectivity index (χ1n) is 6.36. The molecule has 0 aliphatic rings. The second kappa shape index (κ2) is 6.77. The van der Waals surface area contributed by atoms with Gasteiger partial charge in [0, 0.05) is 11.8 Å². The van der Waals surface area contributed by atoms with Gasteiger partial charge in [0.15, 0.2) is 23.1 Å². The molecule has 1 heterocycles. The van der Waals surface area contributed by atoms with E-state index in [-0.39, 0.29) is 17.1 Å². The quantitative estimate of drug-likeness (QED) is 0.857. The fourth-order valence-corrected chi connectivity index (χ4v) is 1.86. The molecule has 9 heteroatoms. The van der Waals surface area contributed by atoms with Crippen LogP contribution in [0.15, 0.2) is 23.1 Å². The molecule has 0 saturated heterocycles. The molecule has 1 aromatic heterocycles. The van der Waals surface area contributed by atoms with Crippen molar-refractivity contribution in [3.8, 4) is 17.2 Å². The van der Waals surface area contributed by atoms with Gasteiger partial charge in [0.2, 0.25) is 5.75 Å². The molecule has 8 nitrogen and oxygen atoms in total. The average molecular weight is 323 g/mol. The number of nitrogens with one attached hydrogen (secondary N) is 2. The fraction of sp³-hybridized carbons (Fsp3) is 0.214.